The van der Waals surface area contributed by atoms with Crippen LogP contribution in [0.5, 0.6) is 0 Å². The Balaban J connectivity index is 1.11. The van der Waals surface area contributed by atoms with Crippen molar-refractivity contribution < 1.29 is 33.8 Å². The summed E-state index contributed by atoms with van der Waals surface area (Å²) in [5, 5.41) is 14.2. The van der Waals surface area contributed by atoms with E-state index in [1.165, 1.54) is 0 Å². The lowest BCUT2D eigenvalue weighted by Crippen LogP contribution is -2.53. The summed E-state index contributed by atoms with van der Waals surface area (Å²) in [5.41, 5.74) is 8.57. The summed E-state index contributed by atoms with van der Waals surface area (Å²) in [6.07, 6.45) is -0.663. The van der Waals surface area contributed by atoms with Crippen LogP contribution in [0.15, 0.2) is 97.1 Å². The quantitative estimate of drug-likeness (QED) is 0.134. The van der Waals surface area contributed by atoms with Crippen molar-refractivity contribution in [1.29, 1.82) is 0 Å². The average Bonchev–Trinajstić information content (AvgIpc) is 3.60. The van der Waals surface area contributed by atoms with E-state index in [4.69, 9.17) is 9.47 Å². The van der Waals surface area contributed by atoms with Crippen LogP contribution in [0.4, 0.5) is 9.59 Å². The average molecular weight is 679 g/mol. The number of aliphatic carboxylic acids is 1. The molecule has 2 amide bonds. The van der Waals surface area contributed by atoms with Gasteiger partial charge in [0.25, 0.3) is 0 Å². The first-order valence-corrected chi connectivity index (χ1v) is 17.3. The van der Waals surface area contributed by atoms with E-state index in [0.717, 1.165) is 56.3 Å². The standard InChI is InChI=1S/C39H38N2O7S/c1-23(2)19-34(37(43)44)40-36(42)35(41-38(45)47-20-32-28-15-7-3-11-24(28)25-12-4-8-16-29(25)32)22-49-39(46)48-21-33-30-17-9-5-13-26(30)27-14-6-10-18-31(27)33/h3-18,23,32-35H,19-22H2,1-2H3,(H,40,42)(H,41,45)(H,43,44)/t34-,35-/m0/s1. The number of amides is 2. The van der Waals surface area contributed by atoms with Crippen molar-refractivity contribution in [2.75, 3.05) is 19.0 Å². The zero-order valence-electron chi connectivity index (χ0n) is 27.3. The molecule has 0 spiro atoms. The molecule has 0 aromatic heterocycles. The van der Waals surface area contributed by atoms with Gasteiger partial charge in [0.15, 0.2) is 0 Å². The molecule has 0 aliphatic heterocycles. The number of alkyl carbamates (subject to hydrolysis) is 1. The SMILES string of the molecule is CC(C)C[C@H](NC(=O)[C@H](CSC(=O)OCC1c2ccccc2-c2ccccc21)NC(=O)OCC1c2ccccc2-c2ccccc21)C(=O)O. The van der Waals surface area contributed by atoms with Crippen molar-refractivity contribution >= 4 is 35.0 Å². The first-order valence-electron chi connectivity index (χ1n) is 16.3. The van der Waals surface area contributed by atoms with Gasteiger partial charge in [-0.1, -0.05) is 111 Å². The molecule has 0 fully saturated rings. The molecule has 9 nitrogen and oxygen atoms in total. The number of carbonyl (C=O) groups excluding carboxylic acids is 3. The van der Waals surface area contributed by atoms with Gasteiger partial charge in [0, 0.05) is 17.6 Å². The lowest BCUT2D eigenvalue weighted by atomic mass is 9.98. The highest BCUT2D eigenvalue weighted by molar-refractivity contribution is 8.13. The van der Waals surface area contributed by atoms with E-state index in [1.807, 2.05) is 111 Å². The van der Waals surface area contributed by atoms with Crippen molar-refractivity contribution in [1.82, 2.24) is 10.6 Å². The summed E-state index contributed by atoms with van der Waals surface area (Å²) in [6.45, 7) is 3.83. The molecule has 4 aromatic rings. The minimum atomic E-state index is -1.27. The van der Waals surface area contributed by atoms with Crippen molar-refractivity contribution in [3.05, 3.63) is 119 Å². The minimum Gasteiger partial charge on any atom is -0.480 e. The van der Waals surface area contributed by atoms with E-state index >= 15 is 0 Å². The van der Waals surface area contributed by atoms with E-state index in [2.05, 4.69) is 10.6 Å². The molecule has 3 N–H and O–H groups in total. The topological polar surface area (TPSA) is 131 Å². The molecule has 4 aromatic carbocycles. The van der Waals surface area contributed by atoms with Crippen molar-refractivity contribution in [2.45, 2.75) is 44.2 Å². The first-order chi connectivity index (χ1) is 23.7. The van der Waals surface area contributed by atoms with Crippen LogP contribution in [0.1, 0.15) is 54.4 Å². The number of hydrogen-bond acceptors (Lipinski definition) is 7. The monoisotopic (exact) mass is 678 g/mol. The molecule has 0 saturated heterocycles. The number of rotatable bonds is 12. The number of carbonyl (C=O) groups is 4. The van der Waals surface area contributed by atoms with Crippen LogP contribution >= 0.6 is 11.8 Å². The number of carboxylic acid groups (broad SMARTS) is 1. The lowest BCUT2D eigenvalue weighted by molar-refractivity contribution is -0.142. The Morgan fingerprint density at radius 2 is 1.08 bits per heavy atom. The fourth-order valence-electron chi connectivity index (χ4n) is 6.71. The van der Waals surface area contributed by atoms with E-state index in [0.29, 0.717) is 0 Å². The van der Waals surface area contributed by atoms with E-state index in [1.54, 1.807) is 0 Å². The summed E-state index contributed by atoms with van der Waals surface area (Å²) in [4.78, 5) is 51.5. The Labute approximate surface area is 289 Å². The van der Waals surface area contributed by atoms with Gasteiger partial charge in [0.05, 0.1) is 0 Å². The van der Waals surface area contributed by atoms with E-state index < -0.39 is 35.4 Å². The van der Waals surface area contributed by atoms with Crippen LogP contribution in [0.3, 0.4) is 0 Å². The molecule has 2 aliphatic carbocycles. The predicted molar refractivity (Wildman–Crippen MR) is 189 cm³/mol. The van der Waals surface area contributed by atoms with Crippen molar-refractivity contribution in [2.24, 2.45) is 5.92 Å². The second kappa shape index (κ2) is 15.0. The number of hydrogen-bond donors (Lipinski definition) is 3. The van der Waals surface area contributed by atoms with Crippen LogP contribution in [0.25, 0.3) is 22.3 Å². The highest BCUT2D eigenvalue weighted by atomic mass is 32.2. The number of ether oxygens (including phenoxy) is 2. The largest absolute Gasteiger partial charge is 0.480 e. The third-order valence-corrected chi connectivity index (χ3v) is 9.83. The van der Waals surface area contributed by atoms with Gasteiger partial charge in [-0.15, -0.1) is 0 Å². The van der Waals surface area contributed by atoms with Gasteiger partial charge in [0.1, 0.15) is 25.3 Å². The second-order valence-electron chi connectivity index (χ2n) is 12.7. The minimum absolute atomic E-state index is 0.00913. The third-order valence-electron chi connectivity index (χ3n) is 8.97. The van der Waals surface area contributed by atoms with Crippen LogP contribution in [0.2, 0.25) is 0 Å². The van der Waals surface area contributed by atoms with Gasteiger partial charge in [0.2, 0.25) is 5.91 Å². The predicted octanol–water partition coefficient (Wildman–Crippen LogP) is 7.19. The van der Waals surface area contributed by atoms with Crippen molar-refractivity contribution in [3.63, 3.8) is 0 Å². The molecule has 0 saturated carbocycles. The van der Waals surface area contributed by atoms with Gasteiger partial charge in [-0.05, 0) is 68.6 Å². The summed E-state index contributed by atoms with van der Waals surface area (Å²) in [5.74, 6) is -2.46. The second-order valence-corrected chi connectivity index (χ2v) is 13.6. The van der Waals surface area contributed by atoms with E-state index in [9.17, 15) is 24.3 Å². The van der Waals surface area contributed by atoms with Gasteiger partial charge in [-0.2, -0.15) is 0 Å². The summed E-state index contributed by atoms with van der Waals surface area (Å²) in [6, 6.07) is 29.5. The molecule has 0 heterocycles. The van der Waals surface area contributed by atoms with Gasteiger partial charge in [-0.25, -0.2) is 14.4 Å². The zero-order chi connectivity index (χ0) is 34.5. The Morgan fingerprint density at radius 1 is 0.653 bits per heavy atom. The maximum atomic E-state index is 13.4. The van der Waals surface area contributed by atoms with Crippen molar-refractivity contribution in [3.8, 4) is 22.3 Å². The molecule has 252 valence electrons. The Hall–Kier alpha value is -5.09. The van der Waals surface area contributed by atoms with Gasteiger partial charge in [-0.3, -0.25) is 4.79 Å². The summed E-state index contributed by atoms with van der Waals surface area (Å²) >= 11 is 0.735. The highest BCUT2D eigenvalue weighted by Crippen LogP contribution is 2.45. The number of thioether (sulfide) groups is 1. The Bertz CT molecular complexity index is 1780. The maximum Gasteiger partial charge on any atom is 0.407 e. The molecular formula is C39H38N2O7S. The fourth-order valence-corrected chi connectivity index (χ4v) is 7.40. The fraction of sp³-hybridized carbons (Fsp3) is 0.282. The van der Waals surface area contributed by atoms with Gasteiger partial charge < -0.3 is 25.2 Å². The number of nitrogens with one attached hydrogen (secondary N) is 2. The number of fused-ring (bicyclic) bond motifs is 6. The van der Waals surface area contributed by atoms with Crippen LogP contribution < -0.4 is 10.6 Å². The van der Waals surface area contributed by atoms with Crippen LogP contribution in [0, 0.1) is 5.92 Å². The summed E-state index contributed by atoms with van der Waals surface area (Å²) < 4.78 is 11.3. The molecular weight excluding hydrogens is 641 g/mol. The Kier molecular flexibility index (Phi) is 10.3. The molecule has 49 heavy (non-hydrogen) atoms. The molecule has 6 rings (SSSR count). The molecule has 10 heteroatoms. The van der Waals surface area contributed by atoms with Gasteiger partial charge >= 0.3 is 17.4 Å². The first kappa shape index (κ1) is 33.8. The van der Waals surface area contributed by atoms with E-state index in [-0.39, 0.29) is 43.1 Å². The molecule has 2 aliphatic rings. The smallest absolute Gasteiger partial charge is 0.407 e. The van der Waals surface area contributed by atoms with Crippen LogP contribution in [-0.4, -0.2) is 59.4 Å². The highest BCUT2D eigenvalue weighted by Gasteiger charge is 2.33. The molecule has 0 bridgehead atoms. The molecule has 0 radical (unpaired) electrons. The third kappa shape index (κ3) is 7.49. The molecule has 0 unspecified atom stereocenters. The summed E-state index contributed by atoms with van der Waals surface area (Å²) in [7, 11) is 0. The normalized spacial score (nSPS) is 14.2. The van der Waals surface area contributed by atoms with Crippen LogP contribution in [-0.2, 0) is 19.1 Å². The molecule has 2 atom stereocenters. The zero-order valence-corrected chi connectivity index (χ0v) is 28.1. The number of carboxylic acids is 1. The Morgan fingerprint density at radius 3 is 1.51 bits per heavy atom. The lowest BCUT2D eigenvalue weighted by Gasteiger charge is -2.22. The maximum absolute atomic E-state index is 13.4. The number of benzene rings is 4.